The van der Waals surface area contributed by atoms with Gasteiger partial charge in [-0.1, -0.05) is 57.0 Å². The summed E-state index contributed by atoms with van der Waals surface area (Å²) in [7, 11) is 0. The van der Waals surface area contributed by atoms with Crippen molar-refractivity contribution in [3.05, 3.63) is 68.1 Å². The van der Waals surface area contributed by atoms with Gasteiger partial charge in [-0.25, -0.2) is 4.79 Å². The minimum absolute atomic E-state index is 0.329. The predicted molar refractivity (Wildman–Crippen MR) is 88.3 cm³/mol. The zero-order chi connectivity index (χ0) is 15.6. The number of aliphatic hydroxyl groups is 1. The van der Waals surface area contributed by atoms with Gasteiger partial charge in [0, 0.05) is 14.5 Å². The van der Waals surface area contributed by atoms with Crippen molar-refractivity contribution in [1.29, 1.82) is 0 Å². The molecule has 2 aromatic rings. The molecule has 3 nitrogen and oxygen atoms in total. The van der Waals surface area contributed by atoms with Crippen LogP contribution in [0.2, 0.25) is 0 Å². The lowest BCUT2D eigenvalue weighted by atomic mass is 9.83. The van der Waals surface area contributed by atoms with Crippen LogP contribution >= 0.6 is 31.9 Å². The number of aliphatic carboxylic acids is 1. The molecule has 0 aliphatic heterocycles. The number of hydrogen-bond acceptors (Lipinski definition) is 2. The van der Waals surface area contributed by atoms with E-state index in [0.29, 0.717) is 17.5 Å². The minimum atomic E-state index is -2.06. The SMILES string of the molecule is CCc1cc(Br)ccc1C(O)(C(=O)O)c1ccc(Br)cc1. The lowest BCUT2D eigenvalue weighted by Gasteiger charge is -2.27. The number of hydrogen-bond donors (Lipinski definition) is 2. The van der Waals surface area contributed by atoms with Crippen molar-refractivity contribution in [3.8, 4) is 0 Å². The maximum atomic E-state index is 11.8. The Morgan fingerprint density at radius 1 is 1.10 bits per heavy atom. The first-order valence-electron chi connectivity index (χ1n) is 6.40. The molecule has 2 N–H and O–H groups in total. The van der Waals surface area contributed by atoms with E-state index in [2.05, 4.69) is 31.9 Å². The van der Waals surface area contributed by atoms with Crippen LogP contribution in [0.5, 0.6) is 0 Å². The van der Waals surface area contributed by atoms with Crippen LogP contribution in [-0.4, -0.2) is 16.2 Å². The van der Waals surface area contributed by atoms with Gasteiger partial charge in [0.05, 0.1) is 0 Å². The maximum Gasteiger partial charge on any atom is 0.345 e. The van der Waals surface area contributed by atoms with Crippen LogP contribution in [0, 0.1) is 0 Å². The van der Waals surface area contributed by atoms with E-state index in [1.54, 1.807) is 36.4 Å². The summed E-state index contributed by atoms with van der Waals surface area (Å²) in [5.74, 6) is -1.29. The summed E-state index contributed by atoms with van der Waals surface area (Å²) in [6.07, 6.45) is 0.626. The molecule has 2 aromatic carbocycles. The fourth-order valence-corrected chi connectivity index (χ4v) is 2.97. The maximum absolute atomic E-state index is 11.8. The number of rotatable bonds is 4. The van der Waals surface area contributed by atoms with Crippen LogP contribution in [0.4, 0.5) is 0 Å². The first kappa shape index (κ1) is 16.2. The van der Waals surface area contributed by atoms with Gasteiger partial charge in [-0.2, -0.15) is 0 Å². The molecule has 0 spiro atoms. The lowest BCUT2D eigenvalue weighted by Crippen LogP contribution is -2.37. The Balaban J connectivity index is 2.68. The Bertz CT molecular complexity index is 668. The van der Waals surface area contributed by atoms with Gasteiger partial charge in [0.25, 0.3) is 0 Å². The summed E-state index contributed by atoms with van der Waals surface area (Å²) >= 11 is 6.68. The molecular formula is C16H14Br2O3. The molecule has 0 saturated carbocycles. The molecule has 0 heterocycles. The molecule has 0 aliphatic carbocycles. The van der Waals surface area contributed by atoms with Gasteiger partial charge in [0.1, 0.15) is 0 Å². The third-order valence-electron chi connectivity index (χ3n) is 3.41. The zero-order valence-corrected chi connectivity index (χ0v) is 14.5. The molecule has 0 aliphatic rings. The van der Waals surface area contributed by atoms with Crippen molar-refractivity contribution in [2.75, 3.05) is 0 Å². The van der Waals surface area contributed by atoms with Crippen molar-refractivity contribution >= 4 is 37.8 Å². The Labute approximate surface area is 139 Å². The summed E-state index contributed by atoms with van der Waals surface area (Å²) < 4.78 is 1.68. The summed E-state index contributed by atoms with van der Waals surface area (Å²) in [6.45, 7) is 1.93. The van der Waals surface area contributed by atoms with Crippen molar-refractivity contribution in [2.24, 2.45) is 0 Å². The third kappa shape index (κ3) is 3.05. The predicted octanol–water partition coefficient (Wildman–Crippen LogP) is 4.09. The number of benzene rings is 2. The molecule has 110 valence electrons. The Kier molecular flexibility index (Phi) is 4.86. The number of aryl methyl sites for hydroxylation is 1. The molecule has 0 aromatic heterocycles. The fourth-order valence-electron chi connectivity index (χ4n) is 2.29. The molecule has 0 bridgehead atoms. The van der Waals surface area contributed by atoms with Crippen LogP contribution in [0.1, 0.15) is 23.6 Å². The largest absolute Gasteiger partial charge is 0.479 e. The molecule has 21 heavy (non-hydrogen) atoms. The van der Waals surface area contributed by atoms with Gasteiger partial charge in [-0.3, -0.25) is 0 Å². The molecule has 1 unspecified atom stereocenters. The minimum Gasteiger partial charge on any atom is -0.479 e. The van der Waals surface area contributed by atoms with E-state index in [9.17, 15) is 15.0 Å². The smallest absolute Gasteiger partial charge is 0.345 e. The van der Waals surface area contributed by atoms with Crippen molar-refractivity contribution < 1.29 is 15.0 Å². The van der Waals surface area contributed by atoms with E-state index < -0.39 is 11.6 Å². The third-order valence-corrected chi connectivity index (χ3v) is 4.43. The second-order valence-electron chi connectivity index (χ2n) is 4.68. The van der Waals surface area contributed by atoms with Gasteiger partial charge in [0.15, 0.2) is 0 Å². The zero-order valence-electron chi connectivity index (χ0n) is 11.3. The average molecular weight is 414 g/mol. The van der Waals surface area contributed by atoms with E-state index in [4.69, 9.17) is 0 Å². The van der Waals surface area contributed by atoms with Crippen LogP contribution in [-0.2, 0) is 16.8 Å². The molecule has 0 amide bonds. The van der Waals surface area contributed by atoms with Gasteiger partial charge >= 0.3 is 5.97 Å². The first-order chi connectivity index (χ1) is 9.89. The lowest BCUT2D eigenvalue weighted by molar-refractivity contribution is -0.155. The van der Waals surface area contributed by atoms with E-state index in [-0.39, 0.29) is 0 Å². The Morgan fingerprint density at radius 3 is 2.19 bits per heavy atom. The molecule has 1 atom stereocenters. The molecule has 0 saturated heterocycles. The quantitative estimate of drug-likeness (QED) is 0.793. The van der Waals surface area contributed by atoms with E-state index in [1.807, 2.05) is 13.0 Å². The summed E-state index contributed by atoms with van der Waals surface area (Å²) in [5, 5.41) is 20.5. The van der Waals surface area contributed by atoms with E-state index in [1.165, 1.54) is 0 Å². The normalized spacial score (nSPS) is 13.7. The highest BCUT2D eigenvalue weighted by Gasteiger charge is 2.41. The van der Waals surface area contributed by atoms with Crippen LogP contribution in [0.15, 0.2) is 51.4 Å². The monoisotopic (exact) mass is 412 g/mol. The van der Waals surface area contributed by atoms with E-state index >= 15 is 0 Å². The van der Waals surface area contributed by atoms with Crippen LogP contribution in [0.3, 0.4) is 0 Å². The van der Waals surface area contributed by atoms with Crippen molar-refractivity contribution in [3.63, 3.8) is 0 Å². The molecule has 0 fully saturated rings. The number of carbonyl (C=O) groups is 1. The standard InChI is InChI=1S/C16H14Br2O3/c1-2-10-9-13(18)7-8-14(10)16(21,15(19)20)11-3-5-12(17)6-4-11/h3-9,21H,2H2,1H3,(H,19,20). The highest BCUT2D eigenvalue weighted by atomic mass is 79.9. The van der Waals surface area contributed by atoms with Gasteiger partial charge < -0.3 is 10.2 Å². The Morgan fingerprint density at radius 2 is 1.67 bits per heavy atom. The summed E-state index contributed by atoms with van der Waals surface area (Å²) in [4.78, 5) is 11.8. The van der Waals surface area contributed by atoms with Crippen LogP contribution in [0.25, 0.3) is 0 Å². The van der Waals surface area contributed by atoms with E-state index in [0.717, 1.165) is 14.5 Å². The molecule has 5 heteroatoms. The first-order valence-corrected chi connectivity index (χ1v) is 7.99. The average Bonchev–Trinajstić information content (AvgIpc) is 2.46. The molecular weight excluding hydrogens is 400 g/mol. The number of halogens is 2. The molecule has 0 radical (unpaired) electrons. The summed E-state index contributed by atoms with van der Waals surface area (Å²) in [5.41, 5.74) is -0.553. The number of carboxylic acid groups (broad SMARTS) is 1. The topological polar surface area (TPSA) is 57.5 Å². The molecule has 2 rings (SSSR count). The second-order valence-corrected chi connectivity index (χ2v) is 6.51. The Hall–Kier alpha value is -1.17. The second kappa shape index (κ2) is 6.30. The van der Waals surface area contributed by atoms with Gasteiger partial charge in [-0.05, 0) is 41.8 Å². The number of carboxylic acids is 1. The highest BCUT2D eigenvalue weighted by Crippen LogP contribution is 2.34. The van der Waals surface area contributed by atoms with Gasteiger partial charge in [-0.15, -0.1) is 0 Å². The van der Waals surface area contributed by atoms with Gasteiger partial charge in [0.2, 0.25) is 5.60 Å². The summed E-state index contributed by atoms with van der Waals surface area (Å²) in [6, 6.07) is 11.9. The van der Waals surface area contributed by atoms with Crippen LogP contribution < -0.4 is 0 Å². The fraction of sp³-hybridized carbons (Fsp3) is 0.188. The van der Waals surface area contributed by atoms with Crippen molar-refractivity contribution in [1.82, 2.24) is 0 Å². The van der Waals surface area contributed by atoms with Crippen molar-refractivity contribution in [2.45, 2.75) is 18.9 Å². The highest BCUT2D eigenvalue weighted by molar-refractivity contribution is 9.10.